The van der Waals surface area contributed by atoms with Gasteiger partial charge in [0.25, 0.3) is 0 Å². The fourth-order valence-electron chi connectivity index (χ4n) is 4.45. The lowest BCUT2D eigenvalue weighted by atomic mass is 10.0. The Bertz CT molecular complexity index is 996. The van der Waals surface area contributed by atoms with Gasteiger partial charge in [0.15, 0.2) is 0 Å². The Balaban J connectivity index is 1.23. The van der Waals surface area contributed by atoms with Crippen LogP contribution in [0.3, 0.4) is 0 Å². The van der Waals surface area contributed by atoms with E-state index >= 15 is 0 Å². The van der Waals surface area contributed by atoms with Crippen LogP contribution in [0.15, 0.2) is 48.5 Å². The maximum Gasteiger partial charge on any atom is 0.238 e. The van der Waals surface area contributed by atoms with E-state index in [0.717, 1.165) is 61.9 Å². The second kappa shape index (κ2) is 9.34. The summed E-state index contributed by atoms with van der Waals surface area (Å²) in [6.07, 6.45) is 3.37. The molecule has 2 saturated heterocycles. The number of benzene rings is 2. The summed E-state index contributed by atoms with van der Waals surface area (Å²) in [7, 11) is 0. The first-order valence-corrected chi connectivity index (χ1v) is 11.9. The summed E-state index contributed by atoms with van der Waals surface area (Å²) in [5.41, 5.74) is 3.07. The molecule has 2 fully saturated rings. The quantitative estimate of drug-likeness (QED) is 0.646. The number of fused-ring (bicyclic) bond motifs is 1. The number of aromatic nitrogens is 1. The summed E-state index contributed by atoms with van der Waals surface area (Å²) in [4.78, 5) is 22.3. The number of thiazole rings is 1. The molecule has 2 aliphatic heterocycles. The predicted octanol–water partition coefficient (Wildman–Crippen LogP) is 4.30. The first-order valence-electron chi connectivity index (χ1n) is 11.1. The molecule has 1 amide bonds. The van der Waals surface area contributed by atoms with Crippen LogP contribution < -0.4 is 10.2 Å². The highest BCUT2D eigenvalue weighted by molar-refractivity contribution is 7.18. The van der Waals surface area contributed by atoms with Crippen LogP contribution in [-0.4, -0.2) is 55.2 Å². The number of amides is 1. The number of nitrogens with zero attached hydrogens (tertiary/aromatic N) is 3. The first kappa shape index (κ1) is 20.4. The summed E-state index contributed by atoms with van der Waals surface area (Å²) in [6.45, 7) is 4.69. The van der Waals surface area contributed by atoms with Crippen molar-refractivity contribution >= 4 is 38.8 Å². The molecule has 6 nitrogen and oxygen atoms in total. The number of morpholine rings is 1. The Morgan fingerprint density at radius 2 is 1.87 bits per heavy atom. The lowest BCUT2D eigenvalue weighted by Gasteiger charge is -2.33. The number of para-hydroxylation sites is 1. The number of hydrogen-bond acceptors (Lipinski definition) is 6. The van der Waals surface area contributed by atoms with Gasteiger partial charge in [0.2, 0.25) is 5.91 Å². The van der Waals surface area contributed by atoms with Gasteiger partial charge in [-0.1, -0.05) is 18.6 Å². The highest BCUT2D eigenvalue weighted by Gasteiger charge is 2.28. The molecule has 5 rings (SSSR count). The van der Waals surface area contributed by atoms with E-state index < -0.39 is 0 Å². The van der Waals surface area contributed by atoms with Crippen molar-refractivity contribution in [3.05, 3.63) is 53.5 Å². The Morgan fingerprint density at radius 3 is 2.68 bits per heavy atom. The molecule has 2 aromatic carbocycles. The monoisotopic (exact) mass is 436 g/mol. The van der Waals surface area contributed by atoms with Gasteiger partial charge < -0.3 is 15.0 Å². The van der Waals surface area contributed by atoms with Gasteiger partial charge in [0.1, 0.15) is 5.01 Å². The zero-order chi connectivity index (χ0) is 21.0. The average molecular weight is 437 g/mol. The van der Waals surface area contributed by atoms with Gasteiger partial charge in [-0.3, -0.25) is 9.69 Å². The number of hydrogen-bond donors (Lipinski definition) is 1. The van der Waals surface area contributed by atoms with Gasteiger partial charge >= 0.3 is 0 Å². The van der Waals surface area contributed by atoms with Gasteiger partial charge in [-0.2, -0.15) is 0 Å². The summed E-state index contributed by atoms with van der Waals surface area (Å²) in [6, 6.07) is 16.6. The van der Waals surface area contributed by atoms with E-state index in [0.29, 0.717) is 6.54 Å². The normalized spacial score (nSPS) is 20.1. The number of rotatable bonds is 5. The van der Waals surface area contributed by atoms with E-state index in [1.807, 2.05) is 18.2 Å². The van der Waals surface area contributed by atoms with Crippen molar-refractivity contribution in [1.29, 1.82) is 0 Å². The topological polar surface area (TPSA) is 57.7 Å². The molecular formula is C24H28N4O2S. The second-order valence-corrected chi connectivity index (χ2v) is 9.26. The Hall–Kier alpha value is -2.48. The van der Waals surface area contributed by atoms with Crippen molar-refractivity contribution in [2.75, 3.05) is 49.6 Å². The molecule has 0 spiro atoms. The minimum Gasteiger partial charge on any atom is -0.378 e. The number of nitrogens with one attached hydrogen (secondary N) is 1. The third-order valence-electron chi connectivity index (χ3n) is 6.08. The van der Waals surface area contributed by atoms with E-state index in [1.54, 1.807) is 11.3 Å². The second-order valence-electron chi connectivity index (χ2n) is 8.20. The number of ether oxygens (including phenoxy) is 1. The maximum absolute atomic E-state index is 12.8. The van der Waals surface area contributed by atoms with Crippen molar-refractivity contribution in [3.8, 4) is 0 Å². The van der Waals surface area contributed by atoms with Crippen LogP contribution >= 0.6 is 11.3 Å². The third kappa shape index (κ3) is 4.74. The average Bonchev–Trinajstić information content (AvgIpc) is 3.25. The fraction of sp³-hybridized carbons (Fsp3) is 0.417. The standard InChI is InChI=1S/C24H28N4O2S/c29-23(25-18-8-10-19(11-9-18)27-13-15-30-16-14-27)17-28-12-4-3-6-21(28)24-26-20-5-1-2-7-22(20)31-24/h1-2,5,7-11,21H,3-4,6,12-17H2,(H,25,29)/t21-/m0/s1. The minimum absolute atomic E-state index is 0.0344. The molecule has 7 heteroatoms. The van der Waals surface area contributed by atoms with Crippen molar-refractivity contribution in [2.24, 2.45) is 0 Å². The van der Waals surface area contributed by atoms with Gasteiger partial charge in [0, 0.05) is 24.5 Å². The van der Waals surface area contributed by atoms with Crippen molar-refractivity contribution in [3.63, 3.8) is 0 Å². The smallest absolute Gasteiger partial charge is 0.238 e. The number of piperidine rings is 1. The first-order chi connectivity index (χ1) is 15.3. The van der Waals surface area contributed by atoms with Crippen LogP contribution in [-0.2, 0) is 9.53 Å². The number of anilines is 2. The van der Waals surface area contributed by atoms with Gasteiger partial charge in [-0.25, -0.2) is 4.98 Å². The number of carbonyl (C=O) groups is 1. The van der Waals surface area contributed by atoms with Gasteiger partial charge in [-0.05, 0) is 55.8 Å². The molecule has 162 valence electrons. The molecular weight excluding hydrogens is 408 g/mol. The minimum atomic E-state index is 0.0344. The summed E-state index contributed by atoms with van der Waals surface area (Å²) in [5, 5.41) is 4.21. The molecule has 3 heterocycles. The predicted molar refractivity (Wildman–Crippen MR) is 126 cm³/mol. The molecule has 2 aliphatic rings. The van der Waals surface area contributed by atoms with Crippen molar-refractivity contribution in [1.82, 2.24) is 9.88 Å². The highest BCUT2D eigenvalue weighted by Crippen LogP contribution is 2.35. The molecule has 0 bridgehead atoms. The maximum atomic E-state index is 12.8. The van der Waals surface area contributed by atoms with Crippen LogP contribution in [0.5, 0.6) is 0 Å². The van der Waals surface area contributed by atoms with Crippen molar-refractivity contribution < 1.29 is 9.53 Å². The zero-order valence-electron chi connectivity index (χ0n) is 17.6. The van der Waals surface area contributed by atoms with Crippen LogP contribution in [0.4, 0.5) is 11.4 Å². The van der Waals surface area contributed by atoms with Gasteiger partial charge in [0.05, 0.1) is 36.0 Å². The molecule has 1 N–H and O–H groups in total. The zero-order valence-corrected chi connectivity index (χ0v) is 18.4. The largest absolute Gasteiger partial charge is 0.378 e. The van der Waals surface area contributed by atoms with E-state index in [4.69, 9.17) is 9.72 Å². The summed E-state index contributed by atoms with van der Waals surface area (Å²) >= 11 is 1.76. The molecule has 3 aromatic rings. The van der Waals surface area contributed by atoms with Gasteiger partial charge in [-0.15, -0.1) is 11.3 Å². The van der Waals surface area contributed by atoms with Crippen LogP contribution in [0.1, 0.15) is 30.3 Å². The Labute approximate surface area is 186 Å². The Kier molecular flexibility index (Phi) is 6.15. The molecule has 0 radical (unpaired) electrons. The van der Waals surface area contributed by atoms with Crippen LogP contribution in [0, 0.1) is 0 Å². The van der Waals surface area contributed by atoms with E-state index in [9.17, 15) is 4.79 Å². The third-order valence-corrected chi connectivity index (χ3v) is 7.22. The molecule has 1 atom stereocenters. The highest BCUT2D eigenvalue weighted by atomic mass is 32.1. The number of likely N-dealkylation sites (tertiary alicyclic amines) is 1. The SMILES string of the molecule is O=C(CN1CCCC[C@H]1c1nc2ccccc2s1)Nc1ccc(N2CCOCC2)cc1. The lowest BCUT2D eigenvalue weighted by molar-refractivity contribution is -0.118. The van der Waals surface area contributed by atoms with Crippen LogP contribution in [0.2, 0.25) is 0 Å². The molecule has 0 aliphatic carbocycles. The molecule has 31 heavy (non-hydrogen) atoms. The molecule has 1 aromatic heterocycles. The molecule has 0 saturated carbocycles. The lowest BCUT2D eigenvalue weighted by Crippen LogP contribution is -2.39. The molecule has 0 unspecified atom stereocenters. The number of carbonyl (C=O) groups excluding carboxylic acids is 1. The van der Waals surface area contributed by atoms with Crippen molar-refractivity contribution in [2.45, 2.75) is 25.3 Å². The fourth-order valence-corrected chi connectivity index (χ4v) is 5.59. The Morgan fingerprint density at radius 1 is 1.06 bits per heavy atom. The van der Waals surface area contributed by atoms with E-state index in [1.165, 1.54) is 16.8 Å². The summed E-state index contributed by atoms with van der Waals surface area (Å²) in [5.74, 6) is 0.0344. The summed E-state index contributed by atoms with van der Waals surface area (Å²) < 4.78 is 6.64. The van der Waals surface area contributed by atoms with Crippen LogP contribution in [0.25, 0.3) is 10.2 Å². The van der Waals surface area contributed by atoms with E-state index in [-0.39, 0.29) is 11.9 Å². The van der Waals surface area contributed by atoms with E-state index in [2.05, 4.69) is 45.4 Å².